The van der Waals surface area contributed by atoms with E-state index in [1.165, 1.54) is 5.69 Å². The lowest BCUT2D eigenvalue weighted by molar-refractivity contribution is 0.714. The largest absolute Gasteiger partial charge is 0.316 e. The SMILES string of the molecule is Clc1c(Br)ccc(-n2cncc2C2CCNC2)c1Cl. The lowest BCUT2D eigenvalue weighted by Crippen LogP contribution is -2.11. The predicted molar refractivity (Wildman–Crippen MR) is 81.5 cm³/mol. The van der Waals surface area contributed by atoms with Crippen molar-refractivity contribution in [2.24, 2.45) is 0 Å². The summed E-state index contributed by atoms with van der Waals surface area (Å²) in [5.74, 6) is 0.473. The van der Waals surface area contributed by atoms with E-state index in [-0.39, 0.29) is 0 Å². The van der Waals surface area contributed by atoms with E-state index in [2.05, 4.69) is 26.2 Å². The second-order valence-corrected chi connectivity index (χ2v) is 6.18. The highest BCUT2D eigenvalue weighted by Crippen LogP contribution is 2.36. The molecule has 0 amide bonds. The van der Waals surface area contributed by atoms with Crippen LogP contribution in [0.5, 0.6) is 0 Å². The normalized spacial score (nSPS) is 19.0. The monoisotopic (exact) mass is 359 g/mol. The third-order valence-electron chi connectivity index (χ3n) is 3.42. The molecular weight excluding hydrogens is 349 g/mol. The lowest BCUT2D eigenvalue weighted by atomic mass is 10.1. The lowest BCUT2D eigenvalue weighted by Gasteiger charge is -2.15. The first-order valence-corrected chi connectivity index (χ1v) is 7.60. The van der Waals surface area contributed by atoms with Crippen LogP contribution in [-0.2, 0) is 0 Å². The zero-order valence-electron chi connectivity index (χ0n) is 10.0. The average Bonchev–Trinajstić information content (AvgIpc) is 3.05. The maximum absolute atomic E-state index is 6.34. The standard InChI is InChI=1S/C13H12BrCl2N3/c14-9-1-2-10(13(16)12(9)15)19-7-18-6-11(19)8-3-4-17-5-8/h1-2,6-8,17H,3-5H2. The zero-order chi connectivity index (χ0) is 13.4. The maximum Gasteiger partial charge on any atom is 0.0994 e. The summed E-state index contributed by atoms with van der Waals surface area (Å²) < 4.78 is 2.82. The Kier molecular flexibility index (Phi) is 3.85. The van der Waals surface area contributed by atoms with Gasteiger partial charge in [-0.3, -0.25) is 0 Å². The molecule has 0 saturated carbocycles. The van der Waals surface area contributed by atoms with Crippen LogP contribution in [-0.4, -0.2) is 22.6 Å². The summed E-state index contributed by atoms with van der Waals surface area (Å²) in [4.78, 5) is 4.26. The molecule has 100 valence electrons. The van der Waals surface area contributed by atoms with Crippen molar-refractivity contribution in [2.45, 2.75) is 12.3 Å². The Morgan fingerprint density at radius 2 is 2.16 bits per heavy atom. The number of hydrogen-bond donors (Lipinski definition) is 1. The molecule has 0 bridgehead atoms. The Labute approximate surface area is 130 Å². The Hall–Kier alpha value is -0.550. The molecule has 1 aliphatic rings. The molecule has 0 aliphatic carbocycles. The summed E-state index contributed by atoms with van der Waals surface area (Å²) in [6, 6.07) is 3.85. The molecule has 0 radical (unpaired) electrons. The van der Waals surface area contributed by atoms with E-state index >= 15 is 0 Å². The Morgan fingerprint density at radius 1 is 1.32 bits per heavy atom. The number of nitrogens with one attached hydrogen (secondary N) is 1. The third kappa shape index (κ3) is 2.42. The van der Waals surface area contributed by atoms with Crippen molar-refractivity contribution in [3.05, 3.63) is 44.9 Å². The molecule has 6 heteroatoms. The first-order valence-electron chi connectivity index (χ1n) is 6.05. The van der Waals surface area contributed by atoms with E-state index in [4.69, 9.17) is 23.2 Å². The fraction of sp³-hybridized carbons (Fsp3) is 0.308. The maximum atomic E-state index is 6.34. The van der Waals surface area contributed by atoms with E-state index < -0.39 is 0 Å². The van der Waals surface area contributed by atoms with Crippen molar-refractivity contribution in [1.82, 2.24) is 14.9 Å². The molecule has 2 heterocycles. The van der Waals surface area contributed by atoms with Gasteiger partial charge in [0.2, 0.25) is 0 Å². The van der Waals surface area contributed by atoms with Crippen molar-refractivity contribution < 1.29 is 0 Å². The van der Waals surface area contributed by atoms with Crippen molar-refractivity contribution in [2.75, 3.05) is 13.1 Å². The topological polar surface area (TPSA) is 29.9 Å². The van der Waals surface area contributed by atoms with Gasteiger partial charge in [0, 0.05) is 28.8 Å². The molecule has 0 spiro atoms. The molecule has 2 aromatic rings. The highest BCUT2D eigenvalue weighted by Gasteiger charge is 2.22. The molecule has 1 N–H and O–H groups in total. The van der Waals surface area contributed by atoms with Crippen molar-refractivity contribution in [1.29, 1.82) is 0 Å². The molecule has 1 atom stereocenters. The van der Waals surface area contributed by atoms with Crippen LogP contribution in [0.25, 0.3) is 5.69 Å². The molecule has 1 aromatic carbocycles. The fourth-order valence-corrected chi connectivity index (χ4v) is 3.28. The number of halogens is 3. The van der Waals surface area contributed by atoms with Gasteiger partial charge in [-0.15, -0.1) is 0 Å². The number of imidazole rings is 1. The summed E-state index contributed by atoms with van der Waals surface area (Å²) >= 11 is 15.9. The van der Waals surface area contributed by atoms with E-state index in [0.29, 0.717) is 16.0 Å². The van der Waals surface area contributed by atoms with E-state index in [1.807, 2.05) is 22.9 Å². The first-order chi connectivity index (χ1) is 9.18. The quantitative estimate of drug-likeness (QED) is 0.819. The minimum absolute atomic E-state index is 0.473. The van der Waals surface area contributed by atoms with Gasteiger partial charge in [0.05, 0.1) is 22.1 Å². The van der Waals surface area contributed by atoms with Crippen LogP contribution in [0.3, 0.4) is 0 Å². The second-order valence-electron chi connectivity index (χ2n) is 4.57. The minimum Gasteiger partial charge on any atom is -0.316 e. The summed E-state index contributed by atoms with van der Waals surface area (Å²) in [6.07, 6.45) is 4.82. The van der Waals surface area contributed by atoms with E-state index in [9.17, 15) is 0 Å². The molecule has 3 rings (SSSR count). The van der Waals surface area contributed by atoms with Gasteiger partial charge in [-0.2, -0.15) is 0 Å². The molecule has 1 aromatic heterocycles. The summed E-state index contributed by atoms with van der Waals surface area (Å²) in [5, 5.41) is 4.44. The van der Waals surface area contributed by atoms with Gasteiger partial charge < -0.3 is 9.88 Å². The van der Waals surface area contributed by atoms with Crippen LogP contribution in [0.15, 0.2) is 29.1 Å². The minimum atomic E-state index is 0.473. The highest BCUT2D eigenvalue weighted by molar-refractivity contribution is 9.10. The zero-order valence-corrected chi connectivity index (χ0v) is 13.1. The number of nitrogens with zero attached hydrogens (tertiary/aromatic N) is 2. The van der Waals surface area contributed by atoms with Crippen LogP contribution >= 0.6 is 39.1 Å². The van der Waals surface area contributed by atoms with Gasteiger partial charge in [-0.1, -0.05) is 23.2 Å². The third-order valence-corrected chi connectivity index (χ3v) is 5.18. The van der Waals surface area contributed by atoms with Gasteiger partial charge in [-0.05, 0) is 41.0 Å². The fourth-order valence-electron chi connectivity index (χ4n) is 2.42. The van der Waals surface area contributed by atoms with Crippen LogP contribution in [0.2, 0.25) is 10.0 Å². The summed E-state index contributed by atoms with van der Waals surface area (Å²) in [5.41, 5.74) is 2.04. The van der Waals surface area contributed by atoms with E-state index in [0.717, 1.165) is 29.7 Å². The summed E-state index contributed by atoms with van der Waals surface area (Å²) in [6.45, 7) is 2.03. The van der Waals surface area contributed by atoms with Crippen LogP contribution in [0.1, 0.15) is 18.0 Å². The molecule has 1 unspecified atom stereocenters. The van der Waals surface area contributed by atoms with Crippen molar-refractivity contribution >= 4 is 39.1 Å². The van der Waals surface area contributed by atoms with Gasteiger partial charge in [0.25, 0.3) is 0 Å². The smallest absolute Gasteiger partial charge is 0.0994 e. The summed E-state index contributed by atoms with van der Waals surface area (Å²) in [7, 11) is 0. The second kappa shape index (κ2) is 5.44. The molecule has 1 fully saturated rings. The van der Waals surface area contributed by atoms with Gasteiger partial charge in [0.15, 0.2) is 0 Å². The highest BCUT2D eigenvalue weighted by atomic mass is 79.9. The van der Waals surface area contributed by atoms with Crippen LogP contribution in [0, 0.1) is 0 Å². The first kappa shape index (κ1) is 13.4. The Balaban J connectivity index is 2.08. The number of aromatic nitrogens is 2. The van der Waals surface area contributed by atoms with Gasteiger partial charge in [-0.25, -0.2) is 4.98 Å². The van der Waals surface area contributed by atoms with Gasteiger partial charge >= 0.3 is 0 Å². The van der Waals surface area contributed by atoms with Crippen molar-refractivity contribution in [3.8, 4) is 5.69 Å². The average molecular weight is 361 g/mol. The molecule has 1 saturated heterocycles. The molecule has 19 heavy (non-hydrogen) atoms. The predicted octanol–water partition coefficient (Wildman–Crippen LogP) is 4.02. The van der Waals surface area contributed by atoms with E-state index in [1.54, 1.807) is 6.33 Å². The van der Waals surface area contributed by atoms with Crippen molar-refractivity contribution in [3.63, 3.8) is 0 Å². The Bertz CT molecular complexity index is 606. The number of benzene rings is 1. The number of hydrogen-bond acceptors (Lipinski definition) is 2. The molecule has 1 aliphatic heterocycles. The number of rotatable bonds is 2. The molecule has 3 nitrogen and oxygen atoms in total. The molecular formula is C13H12BrCl2N3. The van der Waals surface area contributed by atoms with Crippen LogP contribution < -0.4 is 5.32 Å². The van der Waals surface area contributed by atoms with Gasteiger partial charge in [0.1, 0.15) is 0 Å². The Morgan fingerprint density at radius 3 is 2.89 bits per heavy atom. The van der Waals surface area contributed by atoms with Crippen LogP contribution in [0.4, 0.5) is 0 Å².